The molecule has 0 saturated carbocycles. The van der Waals surface area contributed by atoms with Crippen molar-refractivity contribution in [2.45, 2.75) is 62.5 Å². The minimum absolute atomic E-state index is 0.0541. The fraction of sp³-hybridized carbons (Fsp3) is 0.459. The molecule has 11 heteroatoms. The molecule has 1 spiro atoms. The van der Waals surface area contributed by atoms with Gasteiger partial charge in [-0.3, -0.25) is 19.2 Å². The van der Waals surface area contributed by atoms with Gasteiger partial charge in [0, 0.05) is 38.9 Å². The van der Waals surface area contributed by atoms with Gasteiger partial charge < -0.3 is 34.0 Å². The largest absolute Gasteiger partial charge is 0.497 e. The summed E-state index contributed by atoms with van der Waals surface area (Å²) in [5, 5.41) is 9.53. The Morgan fingerprint density at radius 1 is 0.979 bits per heavy atom. The number of carbonyl (C=O) groups excluding carboxylic acids is 4. The van der Waals surface area contributed by atoms with E-state index in [2.05, 4.69) is 0 Å². The van der Waals surface area contributed by atoms with Crippen molar-refractivity contribution in [3.8, 4) is 5.75 Å². The van der Waals surface area contributed by atoms with Crippen LogP contribution in [0.1, 0.15) is 44.3 Å². The Hall–Kier alpha value is -4.48. The van der Waals surface area contributed by atoms with Crippen molar-refractivity contribution in [3.05, 3.63) is 84.5 Å². The fourth-order valence-electron chi connectivity index (χ4n) is 7.52. The lowest BCUT2D eigenvalue weighted by Gasteiger charge is -2.35. The predicted molar refractivity (Wildman–Crippen MR) is 177 cm³/mol. The van der Waals surface area contributed by atoms with E-state index in [4.69, 9.17) is 14.2 Å². The van der Waals surface area contributed by atoms with E-state index < -0.39 is 47.7 Å². The third-order valence-electron chi connectivity index (χ3n) is 10.1. The Morgan fingerprint density at radius 3 is 2.44 bits per heavy atom. The average molecular weight is 658 g/mol. The van der Waals surface area contributed by atoms with Crippen LogP contribution in [0.4, 0.5) is 5.69 Å². The number of amides is 3. The highest BCUT2D eigenvalue weighted by molar-refractivity contribution is 6.05. The van der Waals surface area contributed by atoms with E-state index in [1.54, 1.807) is 66.5 Å². The quantitative estimate of drug-likeness (QED) is 0.273. The molecule has 0 unspecified atom stereocenters. The van der Waals surface area contributed by atoms with Crippen LogP contribution in [0.25, 0.3) is 0 Å². The lowest BCUT2D eigenvalue weighted by Crippen LogP contribution is -2.55. The summed E-state index contributed by atoms with van der Waals surface area (Å²) in [6.45, 7) is 2.23. The molecule has 0 aliphatic carbocycles. The molecule has 0 bridgehead atoms. The standard InChI is InChI=1S/C37H43N3O8/c1-24-32(25-12-5-4-6-13-25)47-36(45)30-28(14-7-8-15-29(42)38(24)2)48-37-20-11-22-39(26-16-18-27(46-3)19-17-26)35(44)33(37)40(21-9-10-23-41)34(43)31(30)37/h4-7,11-14,16-20,24,28,30-33,41H,8-10,15,21-23H2,1-3H3/b14-7-/t24-,28-,30+,31+,32+,33-,37+/m0/s1. The number of likely N-dealkylation sites (N-methyl/N-ethyl adjacent to an activating group) is 1. The number of likely N-dealkylation sites (tertiary alicyclic amines) is 1. The van der Waals surface area contributed by atoms with Crippen molar-refractivity contribution in [3.63, 3.8) is 0 Å². The second kappa shape index (κ2) is 13.9. The van der Waals surface area contributed by atoms with Crippen molar-refractivity contribution >= 4 is 29.4 Å². The number of anilines is 1. The molecule has 4 aliphatic heterocycles. The Labute approximate surface area is 280 Å². The van der Waals surface area contributed by atoms with Crippen LogP contribution in [0.15, 0.2) is 78.9 Å². The molecule has 2 aromatic rings. The number of methoxy groups -OCH3 is 1. The SMILES string of the molecule is COc1ccc(N2CC=C[C@@]34O[C@H]5/C=C\CCC(=O)N(C)[C@@H](C)[C@H](c6ccccc6)OC(=O)[C@H]5[C@@H]3C(=O)N(CCCCO)[C@H]4C2=O)cc1. The lowest BCUT2D eigenvalue weighted by atomic mass is 9.77. The Bertz CT molecular complexity index is 1580. The monoisotopic (exact) mass is 657 g/mol. The van der Waals surface area contributed by atoms with Gasteiger partial charge in [-0.1, -0.05) is 54.6 Å². The highest BCUT2D eigenvalue weighted by Gasteiger charge is 2.71. The zero-order valence-electron chi connectivity index (χ0n) is 27.6. The number of hydrogen-bond acceptors (Lipinski definition) is 8. The van der Waals surface area contributed by atoms with Gasteiger partial charge >= 0.3 is 5.97 Å². The van der Waals surface area contributed by atoms with Gasteiger partial charge in [-0.15, -0.1) is 0 Å². The first-order valence-electron chi connectivity index (χ1n) is 16.6. The second-order valence-electron chi connectivity index (χ2n) is 12.8. The summed E-state index contributed by atoms with van der Waals surface area (Å²) in [7, 11) is 3.27. The second-order valence-corrected chi connectivity index (χ2v) is 12.8. The van der Waals surface area contributed by atoms with Crippen LogP contribution in [-0.4, -0.2) is 96.2 Å². The summed E-state index contributed by atoms with van der Waals surface area (Å²) in [4.78, 5) is 61.6. The highest BCUT2D eigenvalue weighted by Crippen LogP contribution is 2.53. The van der Waals surface area contributed by atoms with E-state index in [1.165, 1.54) is 4.90 Å². The number of nitrogens with zero attached hydrogens (tertiary/aromatic N) is 3. The highest BCUT2D eigenvalue weighted by atomic mass is 16.6. The summed E-state index contributed by atoms with van der Waals surface area (Å²) in [6, 6.07) is 14.8. The van der Waals surface area contributed by atoms with Gasteiger partial charge in [0.15, 0.2) is 0 Å². The van der Waals surface area contributed by atoms with E-state index in [1.807, 2.05) is 43.3 Å². The molecule has 0 radical (unpaired) electrons. The molecule has 4 heterocycles. The number of aliphatic hydroxyl groups is 1. The molecule has 4 aliphatic rings. The van der Waals surface area contributed by atoms with Crippen LogP contribution in [-0.2, 0) is 28.7 Å². The van der Waals surface area contributed by atoms with Crippen molar-refractivity contribution in [2.24, 2.45) is 11.8 Å². The molecule has 3 amide bonds. The van der Waals surface area contributed by atoms with E-state index >= 15 is 0 Å². The number of allylic oxidation sites excluding steroid dienone is 1. The normalized spacial score (nSPS) is 31.3. The van der Waals surface area contributed by atoms with Gasteiger partial charge in [-0.05, 0) is 56.0 Å². The Balaban J connectivity index is 1.43. The zero-order valence-corrected chi connectivity index (χ0v) is 27.6. The van der Waals surface area contributed by atoms with Crippen LogP contribution in [0.5, 0.6) is 5.75 Å². The van der Waals surface area contributed by atoms with E-state index in [0.717, 1.165) is 5.56 Å². The van der Waals surface area contributed by atoms with Crippen LogP contribution < -0.4 is 9.64 Å². The molecule has 254 valence electrons. The molecule has 48 heavy (non-hydrogen) atoms. The smallest absolute Gasteiger partial charge is 0.313 e. The molecule has 7 atom stereocenters. The summed E-state index contributed by atoms with van der Waals surface area (Å²) < 4.78 is 18.4. The summed E-state index contributed by atoms with van der Waals surface area (Å²) in [6.07, 6.45) is 7.03. The van der Waals surface area contributed by atoms with Crippen LogP contribution >= 0.6 is 0 Å². The molecule has 1 N–H and O–H groups in total. The number of cyclic esters (lactones) is 1. The first-order valence-corrected chi connectivity index (χ1v) is 16.6. The number of aliphatic hydroxyl groups excluding tert-OH is 1. The third-order valence-corrected chi connectivity index (χ3v) is 10.1. The average Bonchev–Trinajstić information content (AvgIpc) is 3.48. The topological polar surface area (TPSA) is 126 Å². The van der Waals surface area contributed by atoms with Gasteiger partial charge in [0.1, 0.15) is 29.4 Å². The minimum Gasteiger partial charge on any atom is -0.497 e. The molecule has 2 saturated heterocycles. The maximum atomic E-state index is 14.6. The van der Waals surface area contributed by atoms with Crippen molar-refractivity contribution in [2.75, 3.05) is 38.8 Å². The Kier molecular flexibility index (Phi) is 9.70. The van der Waals surface area contributed by atoms with Gasteiger partial charge in [0.2, 0.25) is 11.8 Å². The van der Waals surface area contributed by atoms with Gasteiger partial charge in [0.05, 0.1) is 25.2 Å². The third kappa shape index (κ3) is 5.90. The van der Waals surface area contributed by atoms with Crippen LogP contribution in [0.3, 0.4) is 0 Å². The summed E-state index contributed by atoms with van der Waals surface area (Å²) in [5.74, 6) is -2.86. The first-order chi connectivity index (χ1) is 23.2. The lowest BCUT2D eigenvalue weighted by molar-refractivity contribution is -0.164. The fourth-order valence-corrected chi connectivity index (χ4v) is 7.52. The van der Waals surface area contributed by atoms with Gasteiger partial charge in [0.25, 0.3) is 5.91 Å². The number of unbranched alkanes of at least 4 members (excludes halogenated alkanes) is 1. The summed E-state index contributed by atoms with van der Waals surface area (Å²) >= 11 is 0. The van der Waals surface area contributed by atoms with Crippen molar-refractivity contribution in [1.29, 1.82) is 0 Å². The molecule has 0 aromatic heterocycles. The molecule has 2 fully saturated rings. The maximum absolute atomic E-state index is 14.6. The van der Waals surface area contributed by atoms with Crippen molar-refractivity contribution in [1.82, 2.24) is 9.80 Å². The number of rotatable bonds is 7. The number of fused-ring (bicyclic) bond motifs is 2. The molecule has 2 aromatic carbocycles. The van der Waals surface area contributed by atoms with E-state index in [-0.39, 0.29) is 43.8 Å². The molecular formula is C37H43N3O8. The molecule has 6 rings (SSSR count). The summed E-state index contributed by atoms with van der Waals surface area (Å²) in [5.41, 5.74) is -0.101. The molecule has 11 nitrogen and oxygen atoms in total. The van der Waals surface area contributed by atoms with Gasteiger partial charge in [-0.25, -0.2) is 0 Å². The van der Waals surface area contributed by atoms with Gasteiger partial charge in [-0.2, -0.15) is 0 Å². The van der Waals surface area contributed by atoms with E-state index in [9.17, 15) is 24.3 Å². The Morgan fingerprint density at radius 2 is 1.73 bits per heavy atom. The number of benzene rings is 2. The van der Waals surface area contributed by atoms with Crippen LogP contribution in [0, 0.1) is 11.8 Å². The first kappa shape index (κ1) is 33.4. The number of esters is 1. The maximum Gasteiger partial charge on any atom is 0.313 e. The van der Waals surface area contributed by atoms with Crippen molar-refractivity contribution < 1.29 is 38.5 Å². The van der Waals surface area contributed by atoms with E-state index in [0.29, 0.717) is 30.7 Å². The molecular weight excluding hydrogens is 614 g/mol. The number of ether oxygens (including phenoxy) is 3. The minimum atomic E-state index is -1.45. The number of hydrogen-bond donors (Lipinski definition) is 1. The number of carbonyl (C=O) groups is 4. The predicted octanol–water partition coefficient (Wildman–Crippen LogP) is 3.43. The zero-order chi connectivity index (χ0) is 34.0. The van der Waals surface area contributed by atoms with Crippen LogP contribution in [0.2, 0.25) is 0 Å².